The van der Waals surface area contributed by atoms with Gasteiger partial charge in [-0.3, -0.25) is 9.89 Å². The highest BCUT2D eigenvalue weighted by Gasteiger charge is 2.16. The van der Waals surface area contributed by atoms with Gasteiger partial charge in [-0.15, -0.1) is 10.2 Å². The molecule has 1 amide bonds. The Morgan fingerprint density at radius 2 is 1.97 bits per heavy atom. The number of nitrogen functional groups attached to an aromatic ring is 1. The van der Waals surface area contributed by atoms with E-state index in [1.165, 1.54) is 28.6 Å². The number of nitrogens with two attached hydrogens (primary N) is 1. The molecule has 0 aliphatic heterocycles. The molecule has 0 fully saturated rings. The van der Waals surface area contributed by atoms with E-state index < -0.39 is 0 Å². The van der Waals surface area contributed by atoms with E-state index in [0.29, 0.717) is 22.4 Å². The molecule has 0 spiro atoms. The number of nitrogens with zero attached hydrogens (tertiary/aromatic N) is 4. The Bertz CT molecular complexity index is 1190. The third-order valence-electron chi connectivity index (χ3n) is 4.37. The van der Waals surface area contributed by atoms with Crippen LogP contribution in [0.5, 0.6) is 0 Å². The standard InChI is InChI=1S/C20H18FN7OS/c1-12-4-2-3-5-15(12)23-18(29)11-30-20-27-26-19(28(20)22)17-10-16(24-25-17)13-6-8-14(21)9-7-13/h2-10H,11,22H2,1H3,(H,23,29)(H,24,25). The van der Waals surface area contributed by atoms with Crippen molar-refractivity contribution in [2.75, 3.05) is 16.9 Å². The molecular formula is C20H18FN7OS. The summed E-state index contributed by atoms with van der Waals surface area (Å²) in [6.45, 7) is 1.93. The van der Waals surface area contributed by atoms with Gasteiger partial charge < -0.3 is 11.2 Å². The summed E-state index contributed by atoms with van der Waals surface area (Å²) in [5.41, 5.74) is 3.69. The van der Waals surface area contributed by atoms with Gasteiger partial charge in [-0.05, 0) is 48.9 Å². The number of hydrogen-bond acceptors (Lipinski definition) is 6. The van der Waals surface area contributed by atoms with Gasteiger partial charge in [-0.1, -0.05) is 30.0 Å². The number of nitrogens with one attached hydrogen (secondary N) is 2. The van der Waals surface area contributed by atoms with Crippen molar-refractivity contribution in [1.82, 2.24) is 25.1 Å². The first-order chi connectivity index (χ1) is 14.5. The molecule has 8 nitrogen and oxygen atoms in total. The van der Waals surface area contributed by atoms with E-state index in [9.17, 15) is 9.18 Å². The molecule has 10 heteroatoms. The molecule has 2 aromatic carbocycles. The first-order valence-electron chi connectivity index (χ1n) is 9.02. The lowest BCUT2D eigenvalue weighted by molar-refractivity contribution is -0.113. The third-order valence-corrected chi connectivity index (χ3v) is 5.32. The van der Waals surface area contributed by atoms with E-state index in [0.717, 1.165) is 16.8 Å². The molecule has 0 aliphatic carbocycles. The van der Waals surface area contributed by atoms with E-state index in [1.807, 2.05) is 31.2 Å². The van der Waals surface area contributed by atoms with Crippen molar-refractivity contribution >= 4 is 23.4 Å². The van der Waals surface area contributed by atoms with Crippen molar-refractivity contribution in [1.29, 1.82) is 0 Å². The summed E-state index contributed by atoms with van der Waals surface area (Å²) < 4.78 is 14.4. The highest BCUT2D eigenvalue weighted by atomic mass is 32.2. The first kappa shape index (κ1) is 19.6. The number of carbonyl (C=O) groups is 1. The molecule has 0 atom stereocenters. The van der Waals surface area contributed by atoms with Gasteiger partial charge in [0.05, 0.1) is 11.4 Å². The number of benzene rings is 2. The van der Waals surface area contributed by atoms with Crippen molar-refractivity contribution in [3.05, 3.63) is 66.0 Å². The largest absolute Gasteiger partial charge is 0.335 e. The average molecular weight is 423 g/mol. The molecule has 2 heterocycles. The maximum atomic E-state index is 13.1. The summed E-state index contributed by atoms with van der Waals surface area (Å²) in [6, 6.07) is 15.3. The summed E-state index contributed by atoms with van der Waals surface area (Å²) in [5, 5.41) is 18.5. The number of carbonyl (C=O) groups excluding carboxylic acids is 1. The van der Waals surface area contributed by atoms with Crippen LogP contribution in [0.15, 0.2) is 59.8 Å². The normalized spacial score (nSPS) is 10.9. The molecule has 4 N–H and O–H groups in total. The van der Waals surface area contributed by atoms with Crippen molar-refractivity contribution in [2.24, 2.45) is 0 Å². The van der Waals surface area contributed by atoms with Crippen molar-refractivity contribution in [3.63, 3.8) is 0 Å². The number of aromatic nitrogens is 5. The third kappa shape index (κ3) is 4.18. The smallest absolute Gasteiger partial charge is 0.234 e. The molecule has 152 valence electrons. The van der Waals surface area contributed by atoms with E-state index >= 15 is 0 Å². The lowest BCUT2D eigenvalue weighted by Crippen LogP contribution is -2.17. The number of rotatable bonds is 6. The number of halogens is 1. The molecule has 4 rings (SSSR count). The minimum atomic E-state index is -0.315. The summed E-state index contributed by atoms with van der Waals surface area (Å²) in [7, 11) is 0. The van der Waals surface area contributed by atoms with Crippen LogP contribution in [-0.4, -0.2) is 36.7 Å². The highest BCUT2D eigenvalue weighted by Crippen LogP contribution is 2.25. The quantitative estimate of drug-likeness (QED) is 0.324. The SMILES string of the molecule is Cc1ccccc1NC(=O)CSc1nnc(-c2cc(-c3ccc(F)cc3)n[nH]2)n1N. The fraction of sp³-hybridized carbons (Fsp3) is 0.100. The summed E-state index contributed by atoms with van der Waals surface area (Å²) in [4.78, 5) is 12.2. The Labute approximate surface area is 175 Å². The molecule has 4 aromatic rings. The topological polar surface area (TPSA) is 115 Å². The second-order valence-electron chi connectivity index (χ2n) is 6.50. The molecule has 0 radical (unpaired) electrons. The maximum absolute atomic E-state index is 13.1. The van der Waals surface area contributed by atoms with Gasteiger partial charge >= 0.3 is 0 Å². The zero-order valence-corrected chi connectivity index (χ0v) is 16.8. The Kier molecular flexibility index (Phi) is 5.48. The number of para-hydroxylation sites is 1. The summed E-state index contributed by atoms with van der Waals surface area (Å²) >= 11 is 1.18. The van der Waals surface area contributed by atoms with Crippen LogP contribution in [0.25, 0.3) is 22.8 Å². The average Bonchev–Trinajstić information content (AvgIpc) is 3.35. The van der Waals surface area contributed by atoms with E-state index in [-0.39, 0.29) is 17.5 Å². The van der Waals surface area contributed by atoms with E-state index in [2.05, 4.69) is 25.7 Å². The molecule has 0 saturated carbocycles. The Balaban J connectivity index is 1.43. The Hall–Kier alpha value is -3.66. The molecular weight excluding hydrogens is 405 g/mol. The van der Waals surface area contributed by atoms with Gasteiger partial charge in [0.15, 0.2) is 0 Å². The van der Waals surface area contributed by atoms with E-state index in [4.69, 9.17) is 5.84 Å². The van der Waals surface area contributed by atoms with E-state index in [1.54, 1.807) is 18.2 Å². The van der Waals surface area contributed by atoms with Crippen LogP contribution < -0.4 is 11.2 Å². The van der Waals surface area contributed by atoms with Crippen molar-refractivity contribution in [3.8, 4) is 22.8 Å². The van der Waals surface area contributed by atoms with Crippen molar-refractivity contribution < 1.29 is 9.18 Å². The minimum Gasteiger partial charge on any atom is -0.335 e. The molecule has 0 aliphatic rings. The van der Waals surface area contributed by atoms with Crippen LogP contribution in [0.2, 0.25) is 0 Å². The number of hydrogen-bond donors (Lipinski definition) is 3. The molecule has 0 bridgehead atoms. The van der Waals surface area contributed by atoms with Crippen LogP contribution in [0.3, 0.4) is 0 Å². The zero-order valence-electron chi connectivity index (χ0n) is 16.0. The second kappa shape index (κ2) is 8.37. The number of anilines is 1. The summed E-state index contributed by atoms with van der Waals surface area (Å²) in [5.74, 6) is 6.13. The fourth-order valence-electron chi connectivity index (χ4n) is 2.79. The summed E-state index contributed by atoms with van der Waals surface area (Å²) in [6.07, 6.45) is 0. The van der Waals surface area contributed by atoms with Crippen molar-refractivity contribution in [2.45, 2.75) is 12.1 Å². The van der Waals surface area contributed by atoms with Crippen LogP contribution >= 0.6 is 11.8 Å². The number of aromatic amines is 1. The van der Waals surface area contributed by atoms with Crippen LogP contribution in [-0.2, 0) is 4.79 Å². The lowest BCUT2D eigenvalue weighted by Gasteiger charge is -2.07. The number of amides is 1. The second-order valence-corrected chi connectivity index (χ2v) is 7.44. The predicted molar refractivity (Wildman–Crippen MR) is 114 cm³/mol. The Morgan fingerprint density at radius 1 is 1.20 bits per heavy atom. The fourth-order valence-corrected chi connectivity index (χ4v) is 3.45. The first-order valence-corrected chi connectivity index (χ1v) is 10.0. The lowest BCUT2D eigenvalue weighted by atomic mass is 10.1. The molecule has 0 saturated heterocycles. The Morgan fingerprint density at radius 3 is 2.73 bits per heavy atom. The number of aryl methyl sites for hydroxylation is 1. The van der Waals surface area contributed by atoms with Gasteiger partial charge in [0, 0.05) is 11.3 Å². The number of H-pyrrole nitrogens is 1. The highest BCUT2D eigenvalue weighted by molar-refractivity contribution is 7.99. The van der Waals surface area contributed by atoms with Crippen LogP contribution in [0.4, 0.5) is 10.1 Å². The minimum absolute atomic E-state index is 0.132. The van der Waals surface area contributed by atoms with Gasteiger partial charge in [0.1, 0.15) is 11.5 Å². The predicted octanol–water partition coefficient (Wildman–Crippen LogP) is 3.23. The number of thioether (sulfide) groups is 1. The molecule has 0 unspecified atom stereocenters. The van der Waals surface area contributed by atoms with Crippen LogP contribution in [0, 0.1) is 12.7 Å². The van der Waals surface area contributed by atoms with Gasteiger partial charge in [-0.25, -0.2) is 9.07 Å². The van der Waals surface area contributed by atoms with Gasteiger partial charge in [0.2, 0.25) is 16.9 Å². The zero-order chi connectivity index (χ0) is 21.1. The molecule has 2 aromatic heterocycles. The van der Waals surface area contributed by atoms with Gasteiger partial charge in [0.25, 0.3) is 0 Å². The van der Waals surface area contributed by atoms with Crippen LogP contribution in [0.1, 0.15) is 5.56 Å². The maximum Gasteiger partial charge on any atom is 0.234 e. The monoisotopic (exact) mass is 423 g/mol. The molecule has 30 heavy (non-hydrogen) atoms. The van der Waals surface area contributed by atoms with Gasteiger partial charge in [-0.2, -0.15) is 5.10 Å².